The Balaban J connectivity index is 1.97. The van der Waals surface area contributed by atoms with Crippen LogP contribution < -0.4 is 16.2 Å². The van der Waals surface area contributed by atoms with Gasteiger partial charge in [0.25, 0.3) is 0 Å². The fourth-order valence-electron chi connectivity index (χ4n) is 2.29. The van der Waals surface area contributed by atoms with Crippen LogP contribution in [0, 0.1) is 0 Å². The number of rotatable bonds is 11. The molecule has 0 heterocycles. The highest BCUT2D eigenvalue weighted by molar-refractivity contribution is 5.60. The number of nitrogens with two attached hydrogens (primary N) is 2. The molecule has 0 aliphatic carbocycles. The molecule has 0 aromatic heterocycles. The first-order valence-electron chi connectivity index (χ1n) is 8.02. The van der Waals surface area contributed by atoms with Gasteiger partial charge in [-0.1, -0.05) is 58.3 Å². The molecule has 0 aliphatic rings. The third-order valence-electron chi connectivity index (χ3n) is 3.54. The Bertz CT molecular complexity index is 366. The molecule has 3 nitrogen and oxygen atoms in total. The van der Waals surface area contributed by atoms with Gasteiger partial charge in [-0.15, -0.1) is 0 Å². The van der Waals surface area contributed by atoms with E-state index < -0.39 is 0 Å². The number of benzene rings is 1. The van der Waals surface area contributed by atoms with Crippen LogP contribution in [0.25, 0.3) is 0 Å². The van der Waals surface area contributed by atoms with Gasteiger partial charge in [-0.2, -0.15) is 0 Å². The van der Waals surface area contributed by atoms with E-state index in [1.807, 2.05) is 12.1 Å². The second-order valence-electron chi connectivity index (χ2n) is 5.47. The second-order valence-corrected chi connectivity index (χ2v) is 5.47. The molecule has 0 bridgehead atoms. The molecule has 0 saturated carbocycles. The highest BCUT2D eigenvalue weighted by Gasteiger charge is 2.00. The lowest BCUT2D eigenvalue weighted by atomic mass is 10.1. The molecule has 0 fully saturated rings. The van der Waals surface area contributed by atoms with E-state index in [1.165, 1.54) is 51.4 Å². The summed E-state index contributed by atoms with van der Waals surface area (Å²) in [6.07, 6.45) is 11.9. The van der Waals surface area contributed by atoms with E-state index in [9.17, 15) is 0 Å². The molecule has 0 saturated heterocycles. The van der Waals surface area contributed by atoms with Gasteiger partial charge in [-0.05, 0) is 24.6 Å². The summed E-state index contributed by atoms with van der Waals surface area (Å²) in [7, 11) is 0. The molecule has 0 radical (unpaired) electrons. The van der Waals surface area contributed by atoms with Gasteiger partial charge < -0.3 is 16.2 Å². The maximum absolute atomic E-state index is 5.84. The monoisotopic (exact) mass is 278 g/mol. The van der Waals surface area contributed by atoms with E-state index in [0.717, 1.165) is 18.8 Å². The summed E-state index contributed by atoms with van der Waals surface area (Å²) in [6.45, 7) is 3.00. The van der Waals surface area contributed by atoms with E-state index in [2.05, 4.69) is 6.92 Å². The van der Waals surface area contributed by atoms with Gasteiger partial charge in [0, 0.05) is 5.69 Å². The van der Waals surface area contributed by atoms with Crippen molar-refractivity contribution in [2.24, 2.45) is 0 Å². The van der Waals surface area contributed by atoms with Gasteiger partial charge in [-0.25, -0.2) is 0 Å². The molecule has 0 unspecified atom stereocenters. The molecular formula is C17H30N2O. The molecule has 20 heavy (non-hydrogen) atoms. The molecule has 0 aliphatic heterocycles. The molecule has 0 spiro atoms. The zero-order valence-corrected chi connectivity index (χ0v) is 12.9. The Morgan fingerprint density at radius 2 is 1.45 bits per heavy atom. The molecule has 3 heteroatoms. The summed E-state index contributed by atoms with van der Waals surface area (Å²) in [4.78, 5) is 0. The fourth-order valence-corrected chi connectivity index (χ4v) is 2.29. The molecule has 1 aromatic carbocycles. The number of anilines is 2. The average molecular weight is 278 g/mol. The first-order valence-corrected chi connectivity index (χ1v) is 8.02. The second kappa shape index (κ2) is 10.4. The number of unbranched alkanes of at least 4 members (excludes halogenated alkanes) is 8. The van der Waals surface area contributed by atoms with Crippen LogP contribution in [0.15, 0.2) is 18.2 Å². The van der Waals surface area contributed by atoms with Gasteiger partial charge in [-0.3, -0.25) is 0 Å². The zero-order valence-electron chi connectivity index (χ0n) is 12.9. The minimum Gasteiger partial charge on any atom is -0.491 e. The molecule has 0 atom stereocenters. The minimum atomic E-state index is 0.626. The van der Waals surface area contributed by atoms with Crippen molar-refractivity contribution in [1.82, 2.24) is 0 Å². The zero-order chi connectivity index (χ0) is 14.6. The van der Waals surface area contributed by atoms with Crippen LogP contribution in [0.1, 0.15) is 64.7 Å². The van der Waals surface area contributed by atoms with E-state index in [4.69, 9.17) is 16.2 Å². The highest BCUT2D eigenvalue weighted by Crippen LogP contribution is 2.23. The largest absolute Gasteiger partial charge is 0.491 e. The van der Waals surface area contributed by atoms with Crippen LogP contribution in [0.4, 0.5) is 11.4 Å². The fraction of sp³-hybridized carbons (Fsp3) is 0.647. The van der Waals surface area contributed by atoms with Crippen molar-refractivity contribution < 1.29 is 4.74 Å². The van der Waals surface area contributed by atoms with Crippen molar-refractivity contribution in [2.45, 2.75) is 64.7 Å². The van der Waals surface area contributed by atoms with Gasteiger partial charge >= 0.3 is 0 Å². The Morgan fingerprint density at radius 1 is 0.850 bits per heavy atom. The summed E-state index contributed by atoms with van der Waals surface area (Å²) in [5.74, 6) is 0.749. The molecule has 4 N–H and O–H groups in total. The van der Waals surface area contributed by atoms with Crippen LogP contribution in [-0.4, -0.2) is 6.61 Å². The maximum Gasteiger partial charge on any atom is 0.142 e. The lowest BCUT2D eigenvalue weighted by molar-refractivity contribution is 0.306. The first kappa shape index (κ1) is 16.7. The topological polar surface area (TPSA) is 61.3 Å². The van der Waals surface area contributed by atoms with E-state index in [-0.39, 0.29) is 0 Å². The summed E-state index contributed by atoms with van der Waals surface area (Å²) in [5.41, 5.74) is 12.8. The number of hydrogen-bond donors (Lipinski definition) is 2. The van der Waals surface area contributed by atoms with Crippen molar-refractivity contribution in [3.63, 3.8) is 0 Å². The minimum absolute atomic E-state index is 0.626. The smallest absolute Gasteiger partial charge is 0.142 e. The van der Waals surface area contributed by atoms with Crippen molar-refractivity contribution in [3.8, 4) is 5.75 Å². The van der Waals surface area contributed by atoms with Gasteiger partial charge in [0.2, 0.25) is 0 Å². The Kier molecular flexibility index (Phi) is 8.68. The van der Waals surface area contributed by atoms with Gasteiger partial charge in [0.15, 0.2) is 0 Å². The first-order chi connectivity index (χ1) is 9.74. The van der Waals surface area contributed by atoms with Crippen LogP contribution in [0.2, 0.25) is 0 Å². The van der Waals surface area contributed by atoms with Crippen molar-refractivity contribution in [2.75, 3.05) is 18.1 Å². The predicted octanol–water partition coefficient (Wildman–Crippen LogP) is 4.76. The molecule has 0 amide bonds. The van der Waals surface area contributed by atoms with Crippen molar-refractivity contribution in [3.05, 3.63) is 18.2 Å². The average Bonchev–Trinajstić information content (AvgIpc) is 2.43. The molecule has 1 aromatic rings. The standard InChI is InChI=1S/C17H30N2O/c1-2-3-4-5-6-7-8-9-10-13-20-17-12-11-15(18)14-16(17)19/h11-12,14H,2-10,13,18-19H2,1H3. The molecule has 1 rings (SSSR count). The maximum atomic E-state index is 5.84. The lowest BCUT2D eigenvalue weighted by Crippen LogP contribution is -2.01. The van der Waals surface area contributed by atoms with E-state index in [1.54, 1.807) is 6.07 Å². The normalized spacial score (nSPS) is 10.7. The van der Waals surface area contributed by atoms with Crippen molar-refractivity contribution in [1.29, 1.82) is 0 Å². The third kappa shape index (κ3) is 7.27. The summed E-state index contributed by atoms with van der Waals surface area (Å²) >= 11 is 0. The summed E-state index contributed by atoms with van der Waals surface area (Å²) in [5, 5.41) is 0. The Labute approximate surface area is 123 Å². The van der Waals surface area contributed by atoms with E-state index in [0.29, 0.717) is 11.4 Å². The third-order valence-corrected chi connectivity index (χ3v) is 3.54. The van der Waals surface area contributed by atoms with E-state index >= 15 is 0 Å². The molecule has 114 valence electrons. The Morgan fingerprint density at radius 3 is 2.05 bits per heavy atom. The predicted molar refractivity (Wildman–Crippen MR) is 88.0 cm³/mol. The van der Waals surface area contributed by atoms with Crippen molar-refractivity contribution >= 4 is 11.4 Å². The van der Waals surface area contributed by atoms with Gasteiger partial charge in [0.05, 0.1) is 12.3 Å². The highest BCUT2D eigenvalue weighted by atomic mass is 16.5. The number of nitrogen functional groups attached to an aromatic ring is 2. The molecular weight excluding hydrogens is 248 g/mol. The Hall–Kier alpha value is -1.38. The number of ether oxygens (including phenoxy) is 1. The number of hydrogen-bond acceptors (Lipinski definition) is 3. The summed E-state index contributed by atoms with van der Waals surface area (Å²) in [6, 6.07) is 5.41. The SMILES string of the molecule is CCCCCCCCCCCOc1ccc(N)cc1N. The van der Waals surface area contributed by atoms with Gasteiger partial charge in [0.1, 0.15) is 5.75 Å². The quantitative estimate of drug-likeness (QED) is 0.453. The summed E-state index contributed by atoms with van der Waals surface area (Å²) < 4.78 is 5.67. The van der Waals surface area contributed by atoms with Crippen LogP contribution in [0.3, 0.4) is 0 Å². The lowest BCUT2D eigenvalue weighted by Gasteiger charge is -2.09. The van der Waals surface area contributed by atoms with Crippen LogP contribution in [-0.2, 0) is 0 Å². The van der Waals surface area contributed by atoms with Crippen LogP contribution >= 0.6 is 0 Å². The van der Waals surface area contributed by atoms with Crippen LogP contribution in [0.5, 0.6) is 5.75 Å².